The maximum atomic E-state index is 10.7. The molecule has 60 valence electrons. The van der Waals surface area contributed by atoms with Crippen LogP contribution in [0.25, 0.3) is 0 Å². The van der Waals surface area contributed by atoms with Crippen LogP contribution in [0.1, 0.15) is 6.92 Å². The van der Waals surface area contributed by atoms with E-state index < -0.39 is 0 Å². The minimum Gasteiger partial charge on any atom is -0.352 e. The summed E-state index contributed by atoms with van der Waals surface area (Å²) >= 11 is 1.71. The lowest BCUT2D eigenvalue weighted by Gasteiger charge is -2.10. The number of amides is 1. The van der Waals surface area contributed by atoms with E-state index in [-0.39, 0.29) is 18.5 Å². The van der Waals surface area contributed by atoms with E-state index in [0.29, 0.717) is 0 Å². The summed E-state index contributed by atoms with van der Waals surface area (Å²) in [4.78, 5) is 10.7. The predicted octanol–water partition coefficient (Wildman–Crippen LogP) is -0.187. The Kier molecular flexibility index (Phi) is 5.43. The van der Waals surface area contributed by atoms with Crippen molar-refractivity contribution in [1.29, 1.82) is 0 Å². The first-order chi connectivity index (χ1) is 4.70. The minimum absolute atomic E-state index is 0.0819. The van der Waals surface area contributed by atoms with Crippen LogP contribution in [-0.2, 0) is 4.79 Å². The third kappa shape index (κ3) is 4.64. The molecule has 0 aliphatic heterocycles. The van der Waals surface area contributed by atoms with E-state index in [4.69, 9.17) is 5.73 Å². The summed E-state index contributed by atoms with van der Waals surface area (Å²) in [7, 11) is 0. The van der Waals surface area contributed by atoms with E-state index in [0.717, 1.165) is 5.75 Å². The minimum atomic E-state index is -0.0819. The molecule has 0 aliphatic rings. The van der Waals surface area contributed by atoms with Gasteiger partial charge in [0.05, 0.1) is 6.54 Å². The van der Waals surface area contributed by atoms with Crippen molar-refractivity contribution in [3.8, 4) is 0 Å². The molecule has 0 radical (unpaired) electrons. The van der Waals surface area contributed by atoms with Crippen molar-refractivity contribution in [2.75, 3.05) is 18.6 Å². The zero-order valence-corrected chi connectivity index (χ0v) is 7.20. The molecule has 0 saturated carbocycles. The largest absolute Gasteiger partial charge is 0.352 e. The molecule has 0 fully saturated rings. The summed E-state index contributed by atoms with van der Waals surface area (Å²) in [5.74, 6) is 0.854. The second-order valence-electron chi connectivity index (χ2n) is 2.13. The Balaban J connectivity index is 3.37. The number of nitrogens with one attached hydrogen (secondary N) is 1. The molecule has 0 aromatic rings. The summed E-state index contributed by atoms with van der Waals surface area (Å²) in [5, 5.41) is 2.75. The van der Waals surface area contributed by atoms with E-state index in [2.05, 4.69) is 5.32 Å². The molecule has 4 heteroatoms. The van der Waals surface area contributed by atoms with Crippen molar-refractivity contribution in [3.05, 3.63) is 0 Å². The Labute approximate surface area is 65.7 Å². The summed E-state index contributed by atoms with van der Waals surface area (Å²) in [6, 6.07) is 0.228. The van der Waals surface area contributed by atoms with E-state index in [1.165, 1.54) is 0 Å². The van der Waals surface area contributed by atoms with Gasteiger partial charge in [-0.1, -0.05) is 0 Å². The van der Waals surface area contributed by atoms with Crippen LogP contribution in [0, 0.1) is 0 Å². The average molecular weight is 162 g/mol. The Morgan fingerprint density at radius 1 is 1.80 bits per heavy atom. The van der Waals surface area contributed by atoms with Crippen LogP contribution < -0.4 is 11.1 Å². The summed E-state index contributed by atoms with van der Waals surface area (Å²) in [6.07, 6.45) is 2.01. The second kappa shape index (κ2) is 5.56. The maximum absolute atomic E-state index is 10.7. The third-order valence-corrected chi connectivity index (χ3v) is 1.84. The maximum Gasteiger partial charge on any atom is 0.233 e. The number of hydrogen-bond acceptors (Lipinski definition) is 3. The van der Waals surface area contributed by atoms with E-state index in [1.54, 1.807) is 11.8 Å². The summed E-state index contributed by atoms with van der Waals surface area (Å²) < 4.78 is 0. The van der Waals surface area contributed by atoms with Crippen molar-refractivity contribution in [2.24, 2.45) is 5.73 Å². The number of hydrogen-bond donors (Lipinski definition) is 2. The average Bonchev–Trinajstić information content (AvgIpc) is 1.88. The van der Waals surface area contributed by atoms with Crippen LogP contribution in [0.2, 0.25) is 0 Å². The monoisotopic (exact) mass is 162 g/mol. The van der Waals surface area contributed by atoms with Gasteiger partial charge in [0.2, 0.25) is 5.91 Å². The van der Waals surface area contributed by atoms with Gasteiger partial charge in [0.15, 0.2) is 0 Å². The Hall–Kier alpha value is -0.220. The lowest BCUT2D eigenvalue weighted by molar-refractivity contribution is -0.120. The fourth-order valence-corrected chi connectivity index (χ4v) is 1.21. The first kappa shape index (κ1) is 9.78. The number of thioether (sulfide) groups is 1. The molecule has 0 bridgehead atoms. The van der Waals surface area contributed by atoms with Crippen molar-refractivity contribution >= 4 is 17.7 Å². The van der Waals surface area contributed by atoms with Gasteiger partial charge in [0.1, 0.15) is 0 Å². The number of rotatable bonds is 4. The molecule has 10 heavy (non-hydrogen) atoms. The third-order valence-electron chi connectivity index (χ3n) is 1.01. The van der Waals surface area contributed by atoms with Crippen LogP contribution in [0.3, 0.4) is 0 Å². The van der Waals surface area contributed by atoms with Crippen molar-refractivity contribution in [1.82, 2.24) is 5.32 Å². The van der Waals surface area contributed by atoms with Crippen LogP contribution in [0.15, 0.2) is 0 Å². The van der Waals surface area contributed by atoms with Gasteiger partial charge in [-0.3, -0.25) is 4.79 Å². The Morgan fingerprint density at radius 3 is 2.80 bits per heavy atom. The molecule has 3 N–H and O–H groups in total. The highest BCUT2D eigenvalue weighted by Gasteiger charge is 2.02. The molecule has 0 saturated heterocycles. The van der Waals surface area contributed by atoms with E-state index >= 15 is 0 Å². The van der Waals surface area contributed by atoms with E-state index in [1.807, 2.05) is 13.2 Å². The zero-order chi connectivity index (χ0) is 7.98. The summed E-state index contributed by atoms with van der Waals surface area (Å²) in [6.45, 7) is 2.04. The summed E-state index contributed by atoms with van der Waals surface area (Å²) in [5.41, 5.74) is 5.10. The van der Waals surface area contributed by atoms with Crippen molar-refractivity contribution in [2.45, 2.75) is 13.0 Å². The van der Waals surface area contributed by atoms with Gasteiger partial charge in [-0.05, 0) is 13.2 Å². The van der Waals surface area contributed by atoms with Gasteiger partial charge >= 0.3 is 0 Å². The van der Waals surface area contributed by atoms with Crippen LogP contribution >= 0.6 is 11.8 Å². The molecule has 3 nitrogen and oxygen atoms in total. The molecular weight excluding hydrogens is 148 g/mol. The fraction of sp³-hybridized carbons (Fsp3) is 0.833. The number of nitrogens with two attached hydrogens (primary N) is 1. The Morgan fingerprint density at radius 2 is 2.40 bits per heavy atom. The molecule has 1 amide bonds. The first-order valence-electron chi connectivity index (χ1n) is 3.19. The molecule has 0 aromatic carbocycles. The van der Waals surface area contributed by atoms with Gasteiger partial charge in [0, 0.05) is 11.8 Å². The number of carbonyl (C=O) groups excluding carboxylic acids is 1. The van der Waals surface area contributed by atoms with Gasteiger partial charge in [-0.25, -0.2) is 0 Å². The highest BCUT2D eigenvalue weighted by atomic mass is 32.2. The quantitative estimate of drug-likeness (QED) is 0.602. The van der Waals surface area contributed by atoms with Crippen LogP contribution in [0.4, 0.5) is 0 Å². The predicted molar refractivity (Wildman–Crippen MR) is 45.0 cm³/mol. The van der Waals surface area contributed by atoms with Crippen LogP contribution in [0.5, 0.6) is 0 Å². The van der Waals surface area contributed by atoms with E-state index in [9.17, 15) is 4.79 Å². The number of carbonyl (C=O) groups is 1. The normalized spacial score (nSPS) is 12.7. The molecule has 0 rings (SSSR count). The molecular formula is C6H14N2OS. The Bertz CT molecular complexity index is 108. The highest BCUT2D eigenvalue weighted by molar-refractivity contribution is 7.98. The highest BCUT2D eigenvalue weighted by Crippen LogP contribution is 1.94. The lowest BCUT2D eigenvalue weighted by Crippen LogP contribution is -2.38. The van der Waals surface area contributed by atoms with Gasteiger partial charge < -0.3 is 11.1 Å². The first-order valence-corrected chi connectivity index (χ1v) is 4.58. The molecule has 0 heterocycles. The smallest absolute Gasteiger partial charge is 0.233 e. The van der Waals surface area contributed by atoms with Gasteiger partial charge in [-0.2, -0.15) is 11.8 Å². The zero-order valence-electron chi connectivity index (χ0n) is 6.39. The standard InChI is InChI=1S/C6H14N2OS/c1-5(4-10-2)8-6(9)3-7/h5H,3-4,7H2,1-2H3,(H,8,9). The van der Waals surface area contributed by atoms with Crippen molar-refractivity contribution in [3.63, 3.8) is 0 Å². The molecule has 0 spiro atoms. The molecule has 1 unspecified atom stereocenters. The SMILES string of the molecule is CSCC(C)NC(=O)CN. The van der Waals surface area contributed by atoms with Crippen LogP contribution in [-0.4, -0.2) is 30.5 Å². The molecule has 0 aromatic heterocycles. The van der Waals surface area contributed by atoms with Crippen molar-refractivity contribution < 1.29 is 4.79 Å². The fourth-order valence-electron chi connectivity index (χ4n) is 0.625. The topological polar surface area (TPSA) is 55.1 Å². The van der Waals surface area contributed by atoms with Gasteiger partial charge in [-0.15, -0.1) is 0 Å². The second-order valence-corrected chi connectivity index (χ2v) is 3.04. The lowest BCUT2D eigenvalue weighted by atomic mass is 10.4. The molecule has 1 atom stereocenters. The molecule has 0 aliphatic carbocycles. The van der Waals surface area contributed by atoms with Gasteiger partial charge in [0.25, 0.3) is 0 Å².